The monoisotopic (exact) mass is 444 g/mol. The van der Waals surface area contributed by atoms with E-state index < -0.39 is 22.5 Å². The van der Waals surface area contributed by atoms with E-state index in [1.165, 1.54) is 49.8 Å². The van der Waals surface area contributed by atoms with Crippen LogP contribution in [-0.2, 0) is 7.05 Å². The Bertz CT molecular complexity index is 1260. The zero-order valence-corrected chi connectivity index (χ0v) is 18.4. The first-order chi connectivity index (χ1) is 14.7. The SMILES string of the molecule is CC[C@@H](Nc1c(Nc2c[nH]cc(C(=O)N(C)C)c2=O)c(=O)n(C)[nH]c1=O)c1cccs1. The molecule has 0 aliphatic heterocycles. The maximum absolute atomic E-state index is 12.8. The number of nitrogens with one attached hydrogen (secondary N) is 4. The summed E-state index contributed by atoms with van der Waals surface area (Å²) in [5, 5.41) is 10.3. The Labute approximate surface area is 181 Å². The van der Waals surface area contributed by atoms with E-state index in [-0.39, 0.29) is 28.7 Å². The van der Waals surface area contributed by atoms with Crippen molar-refractivity contribution >= 4 is 34.3 Å². The van der Waals surface area contributed by atoms with Gasteiger partial charge in [0.2, 0.25) is 5.43 Å². The molecular formula is C20H24N6O4S. The van der Waals surface area contributed by atoms with Crippen LogP contribution in [0.1, 0.15) is 34.6 Å². The third kappa shape index (κ3) is 4.45. The summed E-state index contributed by atoms with van der Waals surface area (Å²) in [6.07, 6.45) is 3.31. The van der Waals surface area contributed by atoms with E-state index in [1.54, 1.807) is 0 Å². The van der Waals surface area contributed by atoms with Crippen LogP contribution in [-0.4, -0.2) is 39.7 Å². The highest BCUT2D eigenvalue weighted by atomic mass is 32.1. The lowest BCUT2D eigenvalue weighted by atomic mass is 10.1. The number of thiophene rings is 1. The zero-order valence-electron chi connectivity index (χ0n) is 17.6. The summed E-state index contributed by atoms with van der Waals surface area (Å²) in [6, 6.07) is 3.65. The molecule has 3 aromatic rings. The smallest absolute Gasteiger partial charge is 0.290 e. The average molecular weight is 445 g/mol. The standard InChI is InChI=1S/C20H24N6O4S/c1-5-12(14-7-6-8-31-14)22-15-16(20(30)26(4)24-18(15)28)23-13-10-21-9-11(17(13)27)19(29)25(2)3/h6-10,12,22-23H,5H2,1-4H3,(H,21,27)(H,24,28)/t12-/m1/s1. The van der Waals surface area contributed by atoms with Crippen molar-refractivity contribution in [1.29, 1.82) is 0 Å². The molecule has 31 heavy (non-hydrogen) atoms. The second-order valence-corrected chi connectivity index (χ2v) is 8.09. The topological polar surface area (TPSA) is 132 Å². The van der Waals surface area contributed by atoms with Crippen molar-refractivity contribution in [3.63, 3.8) is 0 Å². The van der Waals surface area contributed by atoms with E-state index in [0.717, 1.165) is 9.56 Å². The minimum absolute atomic E-state index is 0.0205. The molecule has 3 aromatic heterocycles. The van der Waals surface area contributed by atoms with Crippen molar-refractivity contribution in [2.24, 2.45) is 7.05 Å². The summed E-state index contributed by atoms with van der Waals surface area (Å²) in [7, 11) is 4.48. The van der Waals surface area contributed by atoms with Gasteiger partial charge in [-0.25, -0.2) is 0 Å². The van der Waals surface area contributed by atoms with Gasteiger partial charge < -0.3 is 20.5 Å². The van der Waals surface area contributed by atoms with Crippen LogP contribution in [0.4, 0.5) is 17.1 Å². The predicted molar refractivity (Wildman–Crippen MR) is 122 cm³/mol. The molecule has 1 atom stereocenters. The lowest BCUT2D eigenvalue weighted by Crippen LogP contribution is -2.33. The lowest BCUT2D eigenvalue weighted by Gasteiger charge is -2.19. The number of aromatic amines is 2. The number of carbonyl (C=O) groups excluding carboxylic acids is 1. The van der Waals surface area contributed by atoms with Crippen molar-refractivity contribution < 1.29 is 4.79 Å². The van der Waals surface area contributed by atoms with E-state index in [1.807, 2.05) is 24.4 Å². The van der Waals surface area contributed by atoms with Gasteiger partial charge in [0, 0.05) is 38.4 Å². The van der Waals surface area contributed by atoms with Gasteiger partial charge in [-0.05, 0) is 17.9 Å². The van der Waals surface area contributed by atoms with Crippen LogP contribution >= 0.6 is 11.3 Å². The fraction of sp³-hybridized carbons (Fsp3) is 0.300. The van der Waals surface area contributed by atoms with Gasteiger partial charge in [0.15, 0.2) is 0 Å². The summed E-state index contributed by atoms with van der Waals surface area (Å²) in [5.74, 6) is -0.481. The highest BCUT2D eigenvalue weighted by Crippen LogP contribution is 2.27. The Balaban J connectivity index is 2.09. The molecule has 1 amide bonds. The molecule has 3 rings (SSSR count). The summed E-state index contributed by atoms with van der Waals surface area (Å²) >= 11 is 1.53. The fourth-order valence-corrected chi connectivity index (χ4v) is 3.91. The molecule has 11 heteroatoms. The molecule has 0 radical (unpaired) electrons. The maximum Gasteiger partial charge on any atom is 0.290 e. The summed E-state index contributed by atoms with van der Waals surface area (Å²) in [5.41, 5.74) is -1.81. The van der Waals surface area contributed by atoms with Gasteiger partial charge in [-0.15, -0.1) is 11.3 Å². The Morgan fingerprint density at radius 2 is 1.97 bits per heavy atom. The molecule has 0 aliphatic rings. The van der Waals surface area contributed by atoms with Crippen molar-refractivity contribution in [3.8, 4) is 0 Å². The van der Waals surface area contributed by atoms with Crippen molar-refractivity contribution in [2.75, 3.05) is 24.7 Å². The Kier molecular flexibility index (Phi) is 6.44. The number of hydrogen-bond donors (Lipinski definition) is 4. The molecule has 0 spiro atoms. The number of amides is 1. The maximum atomic E-state index is 12.8. The molecule has 3 heterocycles. The molecule has 0 saturated heterocycles. The number of rotatable bonds is 7. The third-order valence-electron chi connectivity index (χ3n) is 4.72. The van der Waals surface area contributed by atoms with Crippen molar-refractivity contribution in [2.45, 2.75) is 19.4 Å². The van der Waals surface area contributed by atoms with Crippen molar-refractivity contribution in [1.82, 2.24) is 19.7 Å². The van der Waals surface area contributed by atoms with E-state index in [0.29, 0.717) is 6.42 Å². The highest BCUT2D eigenvalue weighted by molar-refractivity contribution is 7.10. The Morgan fingerprint density at radius 3 is 2.58 bits per heavy atom. The van der Waals surface area contributed by atoms with Gasteiger partial charge >= 0.3 is 0 Å². The summed E-state index contributed by atoms with van der Waals surface area (Å²) < 4.78 is 1.03. The molecule has 0 aromatic carbocycles. The van der Waals surface area contributed by atoms with E-state index >= 15 is 0 Å². The van der Waals surface area contributed by atoms with E-state index in [2.05, 4.69) is 20.7 Å². The van der Waals surface area contributed by atoms with Crippen LogP contribution in [0.2, 0.25) is 0 Å². The number of aryl methyl sites for hydroxylation is 1. The quantitative estimate of drug-likeness (QED) is 0.440. The number of hydrogen-bond acceptors (Lipinski definition) is 7. The highest BCUT2D eigenvalue weighted by Gasteiger charge is 2.21. The number of pyridine rings is 1. The lowest BCUT2D eigenvalue weighted by molar-refractivity contribution is 0.0826. The number of aromatic nitrogens is 3. The van der Waals surface area contributed by atoms with Gasteiger partial charge in [0.25, 0.3) is 17.0 Å². The molecule has 4 N–H and O–H groups in total. The van der Waals surface area contributed by atoms with Crippen LogP contribution < -0.4 is 27.2 Å². The molecule has 0 aliphatic carbocycles. The second kappa shape index (κ2) is 9.04. The molecule has 10 nitrogen and oxygen atoms in total. The van der Waals surface area contributed by atoms with Gasteiger partial charge in [-0.1, -0.05) is 13.0 Å². The van der Waals surface area contributed by atoms with Crippen LogP contribution in [0.25, 0.3) is 0 Å². The predicted octanol–water partition coefficient (Wildman–Crippen LogP) is 1.83. The largest absolute Gasteiger partial charge is 0.371 e. The Hall–Kier alpha value is -3.60. The Morgan fingerprint density at radius 1 is 1.23 bits per heavy atom. The van der Waals surface area contributed by atoms with Gasteiger partial charge in [0.1, 0.15) is 22.6 Å². The molecular weight excluding hydrogens is 420 g/mol. The van der Waals surface area contributed by atoms with Crippen LogP contribution in [0.15, 0.2) is 44.3 Å². The molecule has 0 unspecified atom stereocenters. The summed E-state index contributed by atoms with van der Waals surface area (Å²) in [4.78, 5) is 55.7. The molecule has 164 valence electrons. The van der Waals surface area contributed by atoms with E-state index in [9.17, 15) is 19.2 Å². The normalized spacial score (nSPS) is 11.7. The number of H-pyrrole nitrogens is 2. The number of carbonyl (C=O) groups is 1. The van der Waals surface area contributed by atoms with Crippen molar-refractivity contribution in [3.05, 3.63) is 71.3 Å². The van der Waals surface area contributed by atoms with Gasteiger partial charge in [-0.3, -0.25) is 29.0 Å². The second-order valence-electron chi connectivity index (χ2n) is 7.11. The van der Waals surface area contributed by atoms with Gasteiger partial charge in [-0.2, -0.15) is 0 Å². The third-order valence-corrected chi connectivity index (χ3v) is 5.71. The van der Waals surface area contributed by atoms with Crippen LogP contribution in [0.5, 0.6) is 0 Å². The average Bonchev–Trinajstić information content (AvgIpc) is 3.27. The first-order valence-corrected chi connectivity index (χ1v) is 10.5. The number of nitrogens with zero attached hydrogens (tertiary/aromatic N) is 2. The first-order valence-electron chi connectivity index (χ1n) is 9.57. The molecule has 0 saturated carbocycles. The molecule has 0 fully saturated rings. The minimum atomic E-state index is -0.587. The van der Waals surface area contributed by atoms with Crippen LogP contribution in [0.3, 0.4) is 0 Å². The molecule has 0 bridgehead atoms. The summed E-state index contributed by atoms with van der Waals surface area (Å²) in [6.45, 7) is 1.96. The van der Waals surface area contributed by atoms with Crippen LogP contribution in [0, 0.1) is 0 Å². The minimum Gasteiger partial charge on any atom is -0.371 e. The van der Waals surface area contributed by atoms with Gasteiger partial charge in [0.05, 0.1) is 6.04 Å². The first kappa shape index (κ1) is 22.1. The number of anilines is 3. The van der Waals surface area contributed by atoms with E-state index in [4.69, 9.17) is 0 Å². The zero-order chi connectivity index (χ0) is 22.7. The fourth-order valence-electron chi connectivity index (χ4n) is 3.05.